The van der Waals surface area contributed by atoms with Gasteiger partial charge < -0.3 is 9.84 Å². The van der Waals surface area contributed by atoms with Crippen molar-refractivity contribution in [2.75, 3.05) is 6.61 Å². The summed E-state index contributed by atoms with van der Waals surface area (Å²) >= 11 is 0. The van der Waals surface area contributed by atoms with Crippen LogP contribution in [0.15, 0.2) is 11.6 Å². The largest absolute Gasteiger partial charge is 0.387 e. The molecule has 0 heterocycles. The third-order valence-corrected chi connectivity index (χ3v) is 3.44. The molecule has 0 aromatic carbocycles. The summed E-state index contributed by atoms with van der Waals surface area (Å²) in [7, 11) is 0. The van der Waals surface area contributed by atoms with Gasteiger partial charge in [0.15, 0.2) is 0 Å². The van der Waals surface area contributed by atoms with Crippen molar-refractivity contribution in [2.45, 2.75) is 65.1 Å². The van der Waals surface area contributed by atoms with Crippen molar-refractivity contribution >= 4 is 0 Å². The van der Waals surface area contributed by atoms with Gasteiger partial charge >= 0.3 is 0 Å². The molecular formula is C14H26O2. The van der Waals surface area contributed by atoms with E-state index in [0.29, 0.717) is 5.92 Å². The van der Waals surface area contributed by atoms with Gasteiger partial charge in [-0.3, -0.25) is 0 Å². The fourth-order valence-electron chi connectivity index (χ4n) is 2.06. The summed E-state index contributed by atoms with van der Waals surface area (Å²) in [5, 5.41) is 10.3. The van der Waals surface area contributed by atoms with Gasteiger partial charge in [0.2, 0.25) is 0 Å². The fourth-order valence-corrected chi connectivity index (χ4v) is 2.06. The Morgan fingerprint density at radius 3 is 2.81 bits per heavy atom. The van der Waals surface area contributed by atoms with Crippen LogP contribution in [-0.2, 0) is 4.74 Å². The Morgan fingerprint density at radius 1 is 1.56 bits per heavy atom. The molecule has 0 bridgehead atoms. The molecule has 0 aromatic heterocycles. The van der Waals surface area contributed by atoms with Crippen LogP contribution in [0.5, 0.6) is 0 Å². The van der Waals surface area contributed by atoms with Crippen LogP contribution in [0, 0.1) is 5.92 Å². The Morgan fingerprint density at radius 2 is 2.25 bits per heavy atom. The molecule has 0 aromatic rings. The van der Waals surface area contributed by atoms with Crippen LogP contribution in [0.25, 0.3) is 0 Å². The van der Waals surface area contributed by atoms with Crippen LogP contribution in [-0.4, -0.2) is 23.4 Å². The Bertz CT molecular complexity index is 241. The molecule has 2 atom stereocenters. The lowest BCUT2D eigenvalue weighted by Crippen LogP contribution is -2.43. The molecule has 1 aliphatic rings. The highest BCUT2D eigenvalue weighted by atomic mass is 16.5. The normalized spacial score (nSPS) is 30.6. The van der Waals surface area contributed by atoms with E-state index in [1.165, 1.54) is 5.57 Å². The molecule has 0 saturated heterocycles. The number of rotatable bonds is 5. The van der Waals surface area contributed by atoms with E-state index in [2.05, 4.69) is 26.8 Å². The van der Waals surface area contributed by atoms with E-state index in [1.54, 1.807) is 0 Å². The maximum absolute atomic E-state index is 10.3. The minimum Gasteiger partial charge on any atom is -0.387 e. The molecule has 2 nitrogen and oxygen atoms in total. The lowest BCUT2D eigenvalue weighted by atomic mass is 9.81. The second-order valence-electron chi connectivity index (χ2n) is 5.40. The van der Waals surface area contributed by atoms with Crippen LogP contribution in [0.1, 0.15) is 53.4 Å². The third kappa shape index (κ3) is 3.60. The van der Waals surface area contributed by atoms with Crippen molar-refractivity contribution in [1.82, 2.24) is 0 Å². The minimum atomic E-state index is -0.688. The summed E-state index contributed by atoms with van der Waals surface area (Å²) in [5.74, 6) is 0.563. The summed E-state index contributed by atoms with van der Waals surface area (Å²) in [5.41, 5.74) is 0.736. The molecule has 0 radical (unpaired) electrons. The number of hydrogen-bond acceptors (Lipinski definition) is 2. The quantitative estimate of drug-likeness (QED) is 0.576. The molecule has 1 aliphatic carbocycles. The Kier molecular flexibility index (Phi) is 5.00. The second-order valence-corrected chi connectivity index (χ2v) is 5.40. The first-order valence-corrected chi connectivity index (χ1v) is 6.52. The fraction of sp³-hybridized carbons (Fsp3) is 0.857. The number of allylic oxidation sites excluding steroid dienone is 1. The lowest BCUT2D eigenvalue weighted by Gasteiger charge is -2.36. The zero-order chi connectivity index (χ0) is 12.2. The summed E-state index contributed by atoms with van der Waals surface area (Å²) in [6, 6.07) is 0. The van der Waals surface area contributed by atoms with Crippen LogP contribution in [0.2, 0.25) is 0 Å². The van der Waals surface area contributed by atoms with E-state index in [-0.39, 0.29) is 6.10 Å². The monoisotopic (exact) mass is 226 g/mol. The second kappa shape index (κ2) is 5.83. The van der Waals surface area contributed by atoms with Gasteiger partial charge in [-0.25, -0.2) is 0 Å². The molecule has 0 amide bonds. The Labute approximate surface area is 99.7 Å². The van der Waals surface area contributed by atoms with Crippen molar-refractivity contribution < 1.29 is 9.84 Å². The van der Waals surface area contributed by atoms with Crippen LogP contribution < -0.4 is 0 Å². The average Bonchev–Trinajstić information content (AvgIpc) is 2.20. The number of ether oxygens (including phenoxy) is 1. The third-order valence-electron chi connectivity index (χ3n) is 3.44. The molecule has 2 heteroatoms. The molecule has 94 valence electrons. The van der Waals surface area contributed by atoms with E-state index >= 15 is 0 Å². The first-order valence-electron chi connectivity index (χ1n) is 6.52. The van der Waals surface area contributed by atoms with E-state index in [1.807, 2.05) is 6.92 Å². The SMILES string of the molecule is CCCCOC1C=C(C(C)C)CCC1(C)O. The first kappa shape index (κ1) is 13.7. The summed E-state index contributed by atoms with van der Waals surface area (Å²) in [4.78, 5) is 0. The maximum atomic E-state index is 10.3. The molecule has 0 saturated carbocycles. The maximum Gasteiger partial charge on any atom is 0.104 e. The summed E-state index contributed by atoms with van der Waals surface area (Å²) in [6.07, 6.45) is 6.04. The Hall–Kier alpha value is -0.340. The number of hydrogen-bond donors (Lipinski definition) is 1. The zero-order valence-corrected chi connectivity index (χ0v) is 11.1. The molecule has 0 aliphatic heterocycles. The van der Waals surface area contributed by atoms with Gasteiger partial charge in [0, 0.05) is 6.61 Å². The van der Waals surface area contributed by atoms with Gasteiger partial charge in [-0.05, 0) is 32.1 Å². The van der Waals surface area contributed by atoms with Gasteiger partial charge in [-0.2, -0.15) is 0 Å². The topological polar surface area (TPSA) is 29.5 Å². The smallest absolute Gasteiger partial charge is 0.104 e. The Balaban J connectivity index is 2.63. The van der Waals surface area contributed by atoms with Crippen molar-refractivity contribution in [3.8, 4) is 0 Å². The van der Waals surface area contributed by atoms with Crippen LogP contribution in [0.3, 0.4) is 0 Å². The summed E-state index contributed by atoms with van der Waals surface area (Å²) < 4.78 is 5.79. The van der Waals surface area contributed by atoms with Crippen molar-refractivity contribution in [1.29, 1.82) is 0 Å². The van der Waals surface area contributed by atoms with Gasteiger partial charge in [0.05, 0.1) is 5.60 Å². The lowest BCUT2D eigenvalue weighted by molar-refractivity contribution is -0.0851. The van der Waals surface area contributed by atoms with Crippen LogP contribution in [0.4, 0.5) is 0 Å². The molecule has 0 fully saturated rings. The van der Waals surface area contributed by atoms with E-state index in [4.69, 9.17) is 4.74 Å². The minimum absolute atomic E-state index is 0.120. The molecule has 0 spiro atoms. The van der Waals surface area contributed by atoms with Crippen molar-refractivity contribution in [2.24, 2.45) is 5.92 Å². The standard InChI is InChI=1S/C14H26O2/c1-5-6-9-16-13-10-12(11(2)3)7-8-14(13,4)15/h10-11,13,15H,5-9H2,1-4H3. The van der Waals surface area contributed by atoms with E-state index in [0.717, 1.165) is 32.3 Å². The predicted molar refractivity (Wildman–Crippen MR) is 67.4 cm³/mol. The number of aliphatic hydroxyl groups is 1. The average molecular weight is 226 g/mol. The summed E-state index contributed by atoms with van der Waals surface area (Å²) in [6.45, 7) is 9.19. The highest BCUT2D eigenvalue weighted by molar-refractivity contribution is 5.16. The van der Waals surface area contributed by atoms with E-state index in [9.17, 15) is 5.11 Å². The first-order chi connectivity index (χ1) is 7.47. The van der Waals surface area contributed by atoms with Gasteiger partial charge in [0.25, 0.3) is 0 Å². The highest BCUT2D eigenvalue weighted by Gasteiger charge is 2.35. The van der Waals surface area contributed by atoms with Crippen molar-refractivity contribution in [3.63, 3.8) is 0 Å². The van der Waals surface area contributed by atoms with Crippen LogP contribution >= 0.6 is 0 Å². The van der Waals surface area contributed by atoms with Gasteiger partial charge in [-0.1, -0.05) is 38.8 Å². The van der Waals surface area contributed by atoms with E-state index < -0.39 is 5.60 Å². The number of unbranched alkanes of at least 4 members (excludes halogenated alkanes) is 1. The molecule has 2 unspecified atom stereocenters. The van der Waals surface area contributed by atoms with Gasteiger partial charge in [-0.15, -0.1) is 0 Å². The zero-order valence-electron chi connectivity index (χ0n) is 11.1. The molecular weight excluding hydrogens is 200 g/mol. The van der Waals surface area contributed by atoms with Crippen molar-refractivity contribution in [3.05, 3.63) is 11.6 Å². The van der Waals surface area contributed by atoms with Gasteiger partial charge in [0.1, 0.15) is 6.10 Å². The molecule has 16 heavy (non-hydrogen) atoms. The molecule has 1 rings (SSSR count). The predicted octanol–water partition coefficient (Wildman–Crippen LogP) is 3.30. The molecule has 1 N–H and O–H groups in total. The highest BCUT2D eigenvalue weighted by Crippen LogP contribution is 2.32.